The lowest BCUT2D eigenvalue weighted by Crippen LogP contribution is -2.53. The first-order valence-electron chi connectivity index (χ1n) is 8.48. The van der Waals surface area contributed by atoms with E-state index < -0.39 is 0 Å². The SMILES string of the molecule is N[C@H]1[C@H](C(=O)OCc2ccccc2)CCCN1Cc1ccccc1. The van der Waals surface area contributed by atoms with E-state index in [-0.39, 0.29) is 18.1 Å². The van der Waals surface area contributed by atoms with Gasteiger partial charge in [-0.15, -0.1) is 0 Å². The molecule has 2 atom stereocenters. The summed E-state index contributed by atoms with van der Waals surface area (Å²) < 4.78 is 5.49. The van der Waals surface area contributed by atoms with E-state index in [9.17, 15) is 4.79 Å². The van der Waals surface area contributed by atoms with Crippen molar-refractivity contribution in [2.24, 2.45) is 11.7 Å². The Morgan fingerprint density at radius 2 is 1.67 bits per heavy atom. The second-order valence-electron chi connectivity index (χ2n) is 6.29. The first-order chi connectivity index (χ1) is 11.7. The zero-order chi connectivity index (χ0) is 16.8. The normalized spacial score (nSPS) is 21.4. The van der Waals surface area contributed by atoms with Crippen LogP contribution >= 0.6 is 0 Å². The fraction of sp³-hybridized carbons (Fsp3) is 0.350. The number of rotatable bonds is 5. The summed E-state index contributed by atoms with van der Waals surface area (Å²) >= 11 is 0. The molecule has 0 radical (unpaired) electrons. The maximum absolute atomic E-state index is 12.5. The molecule has 126 valence electrons. The smallest absolute Gasteiger partial charge is 0.312 e. The van der Waals surface area contributed by atoms with Gasteiger partial charge in [-0.05, 0) is 24.0 Å². The van der Waals surface area contributed by atoms with Crippen LogP contribution < -0.4 is 5.73 Å². The van der Waals surface area contributed by atoms with Crippen molar-refractivity contribution in [3.63, 3.8) is 0 Å². The van der Waals surface area contributed by atoms with Gasteiger partial charge in [0.25, 0.3) is 0 Å². The van der Waals surface area contributed by atoms with Crippen LogP contribution in [-0.4, -0.2) is 23.6 Å². The predicted molar refractivity (Wildman–Crippen MR) is 93.8 cm³/mol. The summed E-state index contributed by atoms with van der Waals surface area (Å²) in [5, 5.41) is 0. The Labute approximate surface area is 143 Å². The molecule has 2 aromatic carbocycles. The molecule has 0 aromatic heterocycles. The lowest BCUT2D eigenvalue weighted by Gasteiger charge is -2.37. The zero-order valence-electron chi connectivity index (χ0n) is 13.8. The van der Waals surface area contributed by atoms with Crippen LogP contribution in [0.15, 0.2) is 60.7 Å². The topological polar surface area (TPSA) is 55.6 Å². The van der Waals surface area contributed by atoms with Crippen molar-refractivity contribution in [1.82, 2.24) is 4.90 Å². The maximum Gasteiger partial charge on any atom is 0.312 e. The third kappa shape index (κ3) is 4.22. The van der Waals surface area contributed by atoms with Crippen LogP contribution in [0.3, 0.4) is 0 Å². The van der Waals surface area contributed by atoms with Crippen LogP contribution in [0.2, 0.25) is 0 Å². The third-order valence-electron chi connectivity index (χ3n) is 4.55. The number of hydrogen-bond acceptors (Lipinski definition) is 4. The first-order valence-corrected chi connectivity index (χ1v) is 8.48. The Kier molecular flexibility index (Phi) is 5.62. The molecule has 1 saturated heterocycles. The van der Waals surface area contributed by atoms with Gasteiger partial charge < -0.3 is 10.5 Å². The highest BCUT2D eigenvalue weighted by molar-refractivity contribution is 5.73. The van der Waals surface area contributed by atoms with Crippen molar-refractivity contribution in [2.75, 3.05) is 6.54 Å². The minimum atomic E-state index is -0.290. The van der Waals surface area contributed by atoms with Gasteiger partial charge in [-0.3, -0.25) is 9.69 Å². The molecular formula is C20H24N2O2. The molecule has 1 fully saturated rings. The summed E-state index contributed by atoms with van der Waals surface area (Å²) in [6.07, 6.45) is 1.47. The Hall–Kier alpha value is -2.17. The average Bonchev–Trinajstić information content (AvgIpc) is 2.63. The molecule has 0 saturated carbocycles. The van der Waals surface area contributed by atoms with Gasteiger partial charge in [-0.2, -0.15) is 0 Å². The van der Waals surface area contributed by atoms with Crippen molar-refractivity contribution in [2.45, 2.75) is 32.2 Å². The van der Waals surface area contributed by atoms with E-state index in [4.69, 9.17) is 10.5 Å². The number of carbonyl (C=O) groups is 1. The number of carbonyl (C=O) groups excluding carboxylic acids is 1. The second-order valence-corrected chi connectivity index (χ2v) is 6.29. The van der Waals surface area contributed by atoms with Gasteiger partial charge in [0.1, 0.15) is 6.61 Å². The van der Waals surface area contributed by atoms with Gasteiger partial charge in [-0.25, -0.2) is 0 Å². The highest BCUT2D eigenvalue weighted by atomic mass is 16.5. The predicted octanol–water partition coefficient (Wildman–Crippen LogP) is 2.93. The zero-order valence-corrected chi connectivity index (χ0v) is 13.8. The molecule has 0 spiro atoms. The minimum Gasteiger partial charge on any atom is -0.461 e. The Morgan fingerprint density at radius 3 is 2.33 bits per heavy atom. The quantitative estimate of drug-likeness (QED) is 0.859. The molecule has 2 N–H and O–H groups in total. The van der Waals surface area contributed by atoms with Crippen molar-refractivity contribution in [3.05, 3.63) is 71.8 Å². The van der Waals surface area contributed by atoms with Crippen LogP contribution in [-0.2, 0) is 22.7 Å². The number of nitrogens with zero attached hydrogens (tertiary/aromatic N) is 1. The molecule has 1 aliphatic rings. The molecule has 0 aliphatic carbocycles. The molecule has 0 amide bonds. The summed E-state index contributed by atoms with van der Waals surface area (Å²) in [6, 6.07) is 20.0. The van der Waals surface area contributed by atoms with Gasteiger partial charge >= 0.3 is 5.97 Å². The van der Waals surface area contributed by atoms with E-state index in [0.29, 0.717) is 6.61 Å². The summed E-state index contributed by atoms with van der Waals surface area (Å²) in [5.41, 5.74) is 8.58. The highest BCUT2D eigenvalue weighted by Crippen LogP contribution is 2.24. The molecule has 3 rings (SSSR count). The molecule has 24 heavy (non-hydrogen) atoms. The molecule has 1 heterocycles. The monoisotopic (exact) mass is 324 g/mol. The summed E-state index contributed by atoms with van der Waals surface area (Å²) in [6.45, 7) is 1.99. The number of benzene rings is 2. The maximum atomic E-state index is 12.5. The standard InChI is InChI=1S/C20H24N2O2/c21-19-18(20(23)24-15-17-10-5-2-6-11-17)12-7-13-22(19)14-16-8-3-1-4-9-16/h1-6,8-11,18-19H,7,12-15,21H2/t18-,19-/m1/s1. The first kappa shape index (κ1) is 16.7. The Bertz CT molecular complexity index is 645. The van der Waals surface area contributed by atoms with Gasteiger partial charge in [-0.1, -0.05) is 60.7 Å². The largest absolute Gasteiger partial charge is 0.461 e. The molecule has 2 aromatic rings. The van der Waals surface area contributed by atoms with Crippen molar-refractivity contribution >= 4 is 5.97 Å². The van der Waals surface area contributed by atoms with Gasteiger partial charge in [0, 0.05) is 13.1 Å². The summed E-state index contributed by atoms with van der Waals surface area (Å²) in [5.74, 6) is -0.449. The summed E-state index contributed by atoms with van der Waals surface area (Å²) in [7, 11) is 0. The van der Waals surface area contributed by atoms with Gasteiger partial charge in [0.2, 0.25) is 0 Å². The van der Waals surface area contributed by atoms with E-state index in [2.05, 4.69) is 17.0 Å². The van der Waals surface area contributed by atoms with Crippen LogP contribution in [0.4, 0.5) is 0 Å². The fourth-order valence-electron chi connectivity index (χ4n) is 3.18. The number of likely N-dealkylation sites (tertiary alicyclic amines) is 1. The van der Waals surface area contributed by atoms with Gasteiger partial charge in [0.15, 0.2) is 0 Å². The van der Waals surface area contributed by atoms with E-state index in [1.807, 2.05) is 48.5 Å². The van der Waals surface area contributed by atoms with Crippen LogP contribution in [0.1, 0.15) is 24.0 Å². The number of hydrogen-bond donors (Lipinski definition) is 1. The van der Waals surface area contributed by atoms with E-state index in [1.165, 1.54) is 5.56 Å². The molecule has 4 nitrogen and oxygen atoms in total. The van der Waals surface area contributed by atoms with E-state index >= 15 is 0 Å². The minimum absolute atomic E-state index is 0.191. The number of ether oxygens (including phenoxy) is 1. The molecule has 0 bridgehead atoms. The molecule has 4 heteroatoms. The Morgan fingerprint density at radius 1 is 1.04 bits per heavy atom. The van der Waals surface area contributed by atoms with Crippen LogP contribution in [0.5, 0.6) is 0 Å². The lowest BCUT2D eigenvalue weighted by atomic mass is 9.94. The number of piperidine rings is 1. The molecule has 1 aliphatic heterocycles. The number of nitrogens with two attached hydrogens (primary N) is 1. The van der Waals surface area contributed by atoms with Crippen LogP contribution in [0, 0.1) is 5.92 Å². The number of esters is 1. The Balaban J connectivity index is 1.57. The van der Waals surface area contributed by atoms with Crippen molar-refractivity contribution < 1.29 is 9.53 Å². The second kappa shape index (κ2) is 8.08. The summed E-state index contributed by atoms with van der Waals surface area (Å²) in [4.78, 5) is 14.6. The molecule has 0 unspecified atom stereocenters. The van der Waals surface area contributed by atoms with Crippen LogP contribution in [0.25, 0.3) is 0 Å². The molecular weight excluding hydrogens is 300 g/mol. The lowest BCUT2D eigenvalue weighted by molar-refractivity contribution is -0.154. The van der Waals surface area contributed by atoms with Crippen molar-refractivity contribution in [3.8, 4) is 0 Å². The fourth-order valence-corrected chi connectivity index (χ4v) is 3.18. The third-order valence-corrected chi connectivity index (χ3v) is 4.55. The highest BCUT2D eigenvalue weighted by Gasteiger charge is 2.34. The average molecular weight is 324 g/mol. The van der Waals surface area contributed by atoms with E-state index in [0.717, 1.165) is 31.5 Å². The van der Waals surface area contributed by atoms with E-state index in [1.54, 1.807) is 0 Å². The van der Waals surface area contributed by atoms with Gasteiger partial charge in [0.05, 0.1) is 12.1 Å². The van der Waals surface area contributed by atoms with Crippen molar-refractivity contribution in [1.29, 1.82) is 0 Å².